The molecule has 0 radical (unpaired) electrons. The Hall–Kier alpha value is -2.02. The molecule has 21 heavy (non-hydrogen) atoms. The van der Waals surface area contributed by atoms with E-state index in [1.54, 1.807) is 12.4 Å². The van der Waals surface area contributed by atoms with Crippen LogP contribution in [-0.2, 0) is 13.1 Å². The van der Waals surface area contributed by atoms with E-state index < -0.39 is 5.97 Å². The first kappa shape index (κ1) is 15.4. The van der Waals surface area contributed by atoms with Gasteiger partial charge in [0.2, 0.25) is 0 Å². The lowest BCUT2D eigenvalue weighted by Gasteiger charge is -2.12. The molecule has 2 N–H and O–H groups in total. The fourth-order valence-corrected chi connectivity index (χ4v) is 2.86. The van der Waals surface area contributed by atoms with E-state index in [1.807, 2.05) is 30.5 Å². The lowest BCUT2D eigenvalue weighted by Crippen LogP contribution is -2.11. The Labute approximate surface area is 127 Å². The molecule has 0 saturated heterocycles. The van der Waals surface area contributed by atoms with Gasteiger partial charge in [0.1, 0.15) is 6.33 Å². The van der Waals surface area contributed by atoms with E-state index in [9.17, 15) is 9.90 Å². The summed E-state index contributed by atoms with van der Waals surface area (Å²) in [6, 6.07) is 5.46. The zero-order valence-electron chi connectivity index (χ0n) is 12.0. The molecule has 0 aliphatic carbocycles. The van der Waals surface area contributed by atoms with Crippen molar-refractivity contribution in [2.75, 3.05) is 11.1 Å². The Morgan fingerprint density at radius 2 is 2.24 bits per heavy atom. The van der Waals surface area contributed by atoms with Gasteiger partial charge in [-0.15, -0.1) is 22.0 Å². The minimum absolute atomic E-state index is 0.312. The summed E-state index contributed by atoms with van der Waals surface area (Å²) in [6.45, 7) is 5.23. The average Bonchev–Trinajstić information content (AvgIpc) is 2.92. The van der Waals surface area contributed by atoms with Gasteiger partial charge in [-0.3, -0.25) is 0 Å². The number of hydrogen-bond acceptors (Lipinski definition) is 5. The van der Waals surface area contributed by atoms with Gasteiger partial charge in [0, 0.05) is 11.4 Å². The van der Waals surface area contributed by atoms with Crippen LogP contribution in [0.15, 0.2) is 29.4 Å². The number of carbonyl (C=O) groups is 1. The van der Waals surface area contributed by atoms with Crippen LogP contribution in [-0.4, -0.2) is 31.6 Å². The van der Waals surface area contributed by atoms with E-state index in [0.717, 1.165) is 23.0 Å². The highest BCUT2D eigenvalue weighted by Crippen LogP contribution is 2.28. The number of carboxylic acids is 1. The predicted octanol–water partition coefficient (Wildman–Crippen LogP) is 2.72. The van der Waals surface area contributed by atoms with Crippen LogP contribution in [0.2, 0.25) is 0 Å². The molecule has 0 amide bonds. The van der Waals surface area contributed by atoms with Crippen LogP contribution < -0.4 is 5.32 Å². The summed E-state index contributed by atoms with van der Waals surface area (Å²) in [6.07, 6.45) is 1.67. The number of carboxylic acid groups (broad SMARTS) is 1. The van der Waals surface area contributed by atoms with Crippen molar-refractivity contribution in [3.05, 3.63) is 35.9 Å². The molecule has 0 atom stereocenters. The van der Waals surface area contributed by atoms with E-state index in [0.29, 0.717) is 17.8 Å². The highest BCUT2D eigenvalue weighted by atomic mass is 32.2. The molecule has 7 heteroatoms. The highest BCUT2D eigenvalue weighted by Gasteiger charge is 2.15. The third kappa shape index (κ3) is 3.55. The topological polar surface area (TPSA) is 80.0 Å². The number of nitrogens with one attached hydrogen (secondary N) is 1. The molecule has 0 bridgehead atoms. The number of aromatic nitrogens is 3. The largest absolute Gasteiger partial charge is 0.478 e. The van der Waals surface area contributed by atoms with E-state index in [2.05, 4.69) is 15.5 Å². The molecule has 0 spiro atoms. The lowest BCUT2D eigenvalue weighted by molar-refractivity contribution is 0.0694. The van der Waals surface area contributed by atoms with Gasteiger partial charge in [-0.1, -0.05) is 13.0 Å². The summed E-state index contributed by atoms with van der Waals surface area (Å²) < 4.78 is 1.91. The maximum atomic E-state index is 11.5. The molecule has 1 aromatic heterocycles. The number of benzene rings is 1. The van der Waals surface area contributed by atoms with Gasteiger partial charge in [0.05, 0.1) is 17.8 Å². The molecule has 1 aromatic carbocycles. The van der Waals surface area contributed by atoms with Gasteiger partial charge in [0.15, 0.2) is 5.82 Å². The van der Waals surface area contributed by atoms with E-state index >= 15 is 0 Å². The zero-order valence-corrected chi connectivity index (χ0v) is 12.9. The Kier molecular flexibility index (Phi) is 5.21. The monoisotopic (exact) mass is 306 g/mol. The molecular formula is C14H18N4O2S. The van der Waals surface area contributed by atoms with E-state index in [4.69, 9.17) is 0 Å². The zero-order chi connectivity index (χ0) is 15.2. The Bertz CT molecular complexity index is 627. The first-order valence-electron chi connectivity index (χ1n) is 6.77. The molecule has 2 aromatic rings. The normalized spacial score (nSPS) is 10.6. The summed E-state index contributed by atoms with van der Waals surface area (Å²) in [4.78, 5) is 12.3. The molecule has 112 valence electrons. The SMILES string of the molecule is CCSc1cccc(NCc2nncn2CC)c1C(=O)O. The van der Waals surface area contributed by atoms with Crippen LogP contribution in [0.5, 0.6) is 0 Å². The van der Waals surface area contributed by atoms with Crippen LogP contribution in [0.1, 0.15) is 30.0 Å². The first-order chi connectivity index (χ1) is 10.2. The second-order valence-electron chi connectivity index (χ2n) is 4.30. The summed E-state index contributed by atoms with van der Waals surface area (Å²) in [5.74, 6) is 0.682. The molecule has 0 saturated carbocycles. The van der Waals surface area contributed by atoms with Crippen molar-refractivity contribution in [3.63, 3.8) is 0 Å². The number of anilines is 1. The first-order valence-corrected chi connectivity index (χ1v) is 7.75. The molecule has 1 heterocycles. The van der Waals surface area contributed by atoms with Gasteiger partial charge in [-0.25, -0.2) is 4.79 Å². The van der Waals surface area contributed by atoms with E-state index in [-0.39, 0.29) is 0 Å². The number of aryl methyl sites for hydroxylation is 1. The molecule has 0 fully saturated rings. The van der Waals surface area contributed by atoms with Crippen LogP contribution in [0, 0.1) is 0 Å². The smallest absolute Gasteiger partial charge is 0.338 e. The summed E-state index contributed by atoms with van der Waals surface area (Å²) >= 11 is 1.52. The fourth-order valence-electron chi connectivity index (χ4n) is 2.03. The average molecular weight is 306 g/mol. The van der Waals surface area contributed by atoms with Gasteiger partial charge >= 0.3 is 5.97 Å². The number of aromatic carboxylic acids is 1. The Morgan fingerprint density at radius 3 is 2.90 bits per heavy atom. The molecule has 0 aliphatic rings. The van der Waals surface area contributed by atoms with Gasteiger partial charge in [-0.2, -0.15) is 0 Å². The van der Waals surface area contributed by atoms with Crippen molar-refractivity contribution in [1.29, 1.82) is 0 Å². The number of rotatable bonds is 7. The predicted molar refractivity (Wildman–Crippen MR) is 82.8 cm³/mol. The summed E-state index contributed by atoms with van der Waals surface area (Å²) in [7, 11) is 0. The second-order valence-corrected chi connectivity index (χ2v) is 5.61. The van der Waals surface area contributed by atoms with Crippen LogP contribution in [0.3, 0.4) is 0 Å². The number of thioether (sulfide) groups is 1. The fraction of sp³-hybridized carbons (Fsp3) is 0.357. The van der Waals surface area contributed by atoms with Crippen LogP contribution >= 0.6 is 11.8 Å². The maximum absolute atomic E-state index is 11.5. The van der Waals surface area contributed by atoms with Crippen LogP contribution in [0.25, 0.3) is 0 Å². The third-order valence-corrected chi connectivity index (χ3v) is 3.95. The van der Waals surface area contributed by atoms with Crippen molar-refractivity contribution in [2.45, 2.75) is 31.8 Å². The highest BCUT2D eigenvalue weighted by molar-refractivity contribution is 7.99. The minimum Gasteiger partial charge on any atom is -0.478 e. The van der Waals surface area contributed by atoms with Gasteiger partial charge in [-0.05, 0) is 24.8 Å². The van der Waals surface area contributed by atoms with Crippen molar-refractivity contribution in [2.24, 2.45) is 0 Å². The Morgan fingerprint density at radius 1 is 1.43 bits per heavy atom. The van der Waals surface area contributed by atoms with Crippen molar-refractivity contribution in [1.82, 2.24) is 14.8 Å². The lowest BCUT2D eigenvalue weighted by atomic mass is 10.1. The summed E-state index contributed by atoms with van der Waals surface area (Å²) in [5, 5.41) is 20.5. The quantitative estimate of drug-likeness (QED) is 0.766. The number of nitrogens with zero attached hydrogens (tertiary/aromatic N) is 3. The molecule has 6 nitrogen and oxygen atoms in total. The molecule has 2 rings (SSSR count). The van der Waals surface area contributed by atoms with Gasteiger partial charge < -0.3 is 15.0 Å². The molecular weight excluding hydrogens is 288 g/mol. The van der Waals surface area contributed by atoms with Gasteiger partial charge in [0.25, 0.3) is 0 Å². The van der Waals surface area contributed by atoms with Crippen molar-refractivity contribution in [3.8, 4) is 0 Å². The Balaban J connectivity index is 2.23. The van der Waals surface area contributed by atoms with Crippen molar-refractivity contribution < 1.29 is 9.90 Å². The molecule has 0 aliphatic heterocycles. The van der Waals surface area contributed by atoms with Crippen molar-refractivity contribution >= 4 is 23.4 Å². The van der Waals surface area contributed by atoms with Crippen LogP contribution in [0.4, 0.5) is 5.69 Å². The second kappa shape index (κ2) is 7.12. The summed E-state index contributed by atoms with van der Waals surface area (Å²) in [5.41, 5.74) is 0.915. The third-order valence-electron chi connectivity index (χ3n) is 3.01. The maximum Gasteiger partial charge on any atom is 0.338 e. The van der Waals surface area contributed by atoms with E-state index in [1.165, 1.54) is 11.8 Å². The standard InChI is InChI=1S/C14H18N4O2S/c1-3-18-9-16-17-12(18)8-15-10-6-5-7-11(21-4-2)13(10)14(19)20/h5-7,9,15H,3-4,8H2,1-2H3,(H,19,20). The minimum atomic E-state index is -0.925. The number of hydrogen-bond donors (Lipinski definition) is 2. The molecule has 0 unspecified atom stereocenters.